The number of benzene rings is 9. The van der Waals surface area contributed by atoms with Crippen LogP contribution >= 0.6 is 0 Å². The molecule has 0 aliphatic heterocycles. The second-order valence-electron chi connectivity index (χ2n) is 17.6. The van der Waals surface area contributed by atoms with Crippen molar-refractivity contribution in [3.05, 3.63) is 235 Å². The summed E-state index contributed by atoms with van der Waals surface area (Å²) >= 11 is 0. The maximum Gasteiger partial charge on any atom is 0.0546 e. The molecular formula is C60H47N. The first kappa shape index (κ1) is 36.8. The highest BCUT2D eigenvalue weighted by Gasteiger charge is 2.41. The van der Waals surface area contributed by atoms with Crippen LogP contribution in [0.1, 0.15) is 49.9 Å². The van der Waals surface area contributed by atoms with Crippen molar-refractivity contribution >= 4 is 17.1 Å². The summed E-state index contributed by atoms with van der Waals surface area (Å²) in [5, 5.41) is 0. The summed E-state index contributed by atoms with van der Waals surface area (Å²) in [7, 11) is 0. The van der Waals surface area contributed by atoms with Crippen LogP contribution in [0, 0.1) is 0 Å². The lowest BCUT2D eigenvalue weighted by atomic mass is 9.78. The van der Waals surface area contributed by atoms with Crippen molar-refractivity contribution in [2.24, 2.45) is 0 Å². The summed E-state index contributed by atoms with van der Waals surface area (Å²) in [5.74, 6) is 0. The zero-order chi connectivity index (χ0) is 41.3. The normalized spacial score (nSPS) is 13.8. The second-order valence-corrected chi connectivity index (χ2v) is 17.6. The van der Waals surface area contributed by atoms with E-state index >= 15 is 0 Å². The molecule has 1 heteroatoms. The van der Waals surface area contributed by atoms with Crippen LogP contribution in [0.2, 0.25) is 0 Å². The van der Waals surface area contributed by atoms with Gasteiger partial charge in [-0.2, -0.15) is 0 Å². The van der Waals surface area contributed by atoms with Crippen molar-refractivity contribution in [1.29, 1.82) is 0 Å². The molecule has 292 valence electrons. The Morgan fingerprint density at radius 3 is 1.26 bits per heavy atom. The van der Waals surface area contributed by atoms with Gasteiger partial charge < -0.3 is 4.90 Å². The van der Waals surface area contributed by atoms with Crippen molar-refractivity contribution in [1.82, 2.24) is 0 Å². The monoisotopic (exact) mass is 781 g/mol. The Balaban J connectivity index is 1.26. The lowest BCUT2D eigenvalue weighted by molar-refractivity contribution is 0.660. The molecule has 0 spiro atoms. The van der Waals surface area contributed by atoms with E-state index in [1.165, 1.54) is 94.7 Å². The van der Waals surface area contributed by atoms with Crippen LogP contribution in [0.15, 0.2) is 212 Å². The van der Waals surface area contributed by atoms with Gasteiger partial charge in [0.25, 0.3) is 0 Å². The fraction of sp³-hybridized carbons (Fsp3) is 0.100. The van der Waals surface area contributed by atoms with Gasteiger partial charge in [-0.25, -0.2) is 0 Å². The van der Waals surface area contributed by atoms with Crippen LogP contribution < -0.4 is 4.90 Å². The first-order chi connectivity index (χ1) is 29.8. The van der Waals surface area contributed by atoms with Crippen LogP contribution in [-0.4, -0.2) is 0 Å². The van der Waals surface area contributed by atoms with Crippen molar-refractivity contribution in [3.8, 4) is 66.8 Å². The van der Waals surface area contributed by atoms with Crippen LogP contribution in [0.3, 0.4) is 0 Å². The highest BCUT2D eigenvalue weighted by Crippen LogP contribution is 2.58. The standard InChI is InChI=1S/C60H47N/c1-59(2)51-35-16-13-27-44(51)48-32-19-33-50(57(48)59)46-29-15-18-37-53(46)61(55-39-21-34-49-45-28-14-17-36-52(45)60(3,4)58(49)55)54-38-20-31-43(41-24-9-6-10-25-41)56(54)47-30-12-11-26-42(47)40-22-7-5-8-23-40/h5-39H,1-4H3. The van der Waals surface area contributed by atoms with Gasteiger partial charge in [0.15, 0.2) is 0 Å². The van der Waals surface area contributed by atoms with E-state index in [0.29, 0.717) is 0 Å². The van der Waals surface area contributed by atoms with Gasteiger partial charge in [-0.05, 0) is 96.1 Å². The molecule has 1 nitrogen and oxygen atoms in total. The fourth-order valence-corrected chi connectivity index (χ4v) is 10.8. The number of anilines is 3. The Labute approximate surface area is 360 Å². The average Bonchev–Trinajstić information content (AvgIpc) is 3.70. The van der Waals surface area contributed by atoms with Crippen LogP contribution in [0.25, 0.3) is 66.8 Å². The molecule has 0 atom stereocenters. The third kappa shape index (κ3) is 5.68. The molecule has 2 aliphatic rings. The maximum atomic E-state index is 2.61. The fourth-order valence-electron chi connectivity index (χ4n) is 10.8. The molecule has 9 aromatic carbocycles. The average molecular weight is 782 g/mol. The molecule has 0 saturated heterocycles. The van der Waals surface area contributed by atoms with E-state index in [1.54, 1.807) is 0 Å². The van der Waals surface area contributed by atoms with E-state index in [9.17, 15) is 0 Å². The highest BCUT2D eigenvalue weighted by atomic mass is 15.2. The number of para-hydroxylation sites is 1. The van der Waals surface area contributed by atoms with Crippen LogP contribution in [0.5, 0.6) is 0 Å². The van der Waals surface area contributed by atoms with Gasteiger partial charge in [-0.3, -0.25) is 0 Å². The predicted molar refractivity (Wildman–Crippen MR) is 258 cm³/mol. The summed E-state index contributed by atoms with van der Waals surface area (Å²) < 4.78 is 0. The lowest BCUT2D eigenvalue weighted by Gasteiger charge is -2.36. The first-order valence-corrected chi connectivity index (χ1v) is 21.5. The Bertz CT molecular complexity index is 3130. The van der Waals surface area contributed by atoms with E-state index in [4.69, 9.17) is 0 Å². The third-order valence-corrected chi connectivity index (χ3v) is 13.5. The summed E-state index contributed by atoms with van der Waals surface area (Å²) in [6.45, 7) is 9.60. The maximum absolute atomic E-state index is 2.61. The summed E-state index contributed by atoms with van der Waals surface area (Å²) in [6.07, 6.45) is 0. The zero-order valence-electron chi connectivity index (χ0n) is 35.2. The van der Waals surface area contributed by atoms with Gasteiger partial charge in [-0.15, -0.1) is 0 Å². The number of hydrogen-bond acceptors (Lipinski definition) is 1. The largest absolute Gasteiger partial charge is 0.309 e. The smallest absolute Gasteiger partial charge is 0.0546 e. The second kappa shape index (κ2) is 14.2. The Morgan fingerprint density at radius 2 is 0.639 bits per heavy atom. The Hall–Kier alpha value is -7.22. The molecule has 0 amide bonds. The Morgan fingerprint density at radius 1 is 0.262 bits per heavy atom. The van der Waals surface area contributed by atoms with Crippen molar-refractivity contribution in [2.75, 3.05) is 4.90 Å². The molecule has 0 radical (unpaired) electrons. The molecule has 11 rings (SSSR count). The number of nitrogens with zero attached hydrogens (tertiary/aromatic N) is 1. The molecule has 0 saturated carbocycles. The minimum absolute atomic E-state index is 0.189. The molecule has 0 unspecified atom stereocenters. The number of fused-ring (bicyclic) bond motifs is 6. The molecule has 9 aromatic rings. The van der Waals surface area contributed by atoms with Crippen molar-refractivity contribution in [2.45, 2.75) is 38.5 Å². The topological polar surface area (TPSA) is 3.24 Å². The molecule has 0 N–H and O–H groups in total. The van der Waals surface area contributed by atoms with Gasteiger partial charge in [0.1, 0.15) is 0 Å². The van der Waals surface area contributed by atoms with Crippen molar-refractivity contribution in [3.63, 3.8) is 0 Å². The van der Waals surface area contributed by atoms with E-state index in [2.05, 4.69) is 245 Å². The van der Waals surface area contributed by atoms with Gasteiger partial charge >= 0.3 is 0 Å². The quantitative estimate of drug-likeness (QED) is 0.156. The predicted octanol–water partition coefficient (Wildman–Crippen LogP) is 16.4. The molecule has 0 heterocycles. The van der Waals surface area contributed by atoms with Crippen molar-refractivity contribution < 1.29 is 0 Å². The van der Waals surface area contributed by atoms with E-state index < -0.39 is 0 Å². The molecule has 0 fully saturated rings. The molecular weight excluding hydrogens is 735 g/mol. The van der Waals surface area contributed by atoms with Gasteiger partial charge in [0, 0.05) is 22.0 Å². The van der Waals surface area contributed by atoms with Gasteiger partial charge in [-0.1, -0.05) is 222 Å². The molecule has 0 aromatic heterocycles. The number of hydrogen-bond donors (Lipinski definition) is 0. The molecule has 0 bridgehead atoms. The summed E-state index contributed by atoms with van der Waals surface area (Å²) in [5.41, 5.74) is 23.3. The van der Waals surface area contributed by atoms with E-state index in [0.717, 1.165) is 11.4 Å². The number of rotatable bonds is 7. The minimum atomic E-state index is -0.257. The zero-order valence-corrected chi connectivity index (χ0v) is 35.2. The SMILES string of the molecule is CC1(C)c2ccccc2-c2cccc(-c3ccccc3N(c3cccc(-c4ccccc4)c3-c3ccccc3-c3ccccc3)c3cccc4c3C(C)(C)c3ccccc3-4)c21. The van der Waals surface area contributed by atoms with Crippen LogP contribution in [0.4, 0.5) is 17.1 Å². The Kier molecular flexibility index (Phi) is 8.58. The van der Waals surface area contributed by atoms with Gasteiger partial charge in [0.05, 0.1) is 17.1 Å². The summed E-state index contributed by atoms with van der Waals surface area (Å²) in [4.78, 5) is 2.61. The highest BCUT2D eigenvalue weighted by molar-refractivity contribution is 6.04. The van der Waals surface area contributed by atoms with Crippen LogP contribution in [-0.2, 0) is 10.8 Å². The third-order valence-electron chi connectivity index (χ3n) is 13.5. The first-order valence-electron chi connectivity index (χ1n) is 21.5. The molecule has 2 aliphatic carbocycles. The van der Waals surface area contributed by atoms with E-state index in [1.807, 2.05) is 0 Å². The van der Waals surface area contributed by atoms with Gasteiger partial charge in [0.2, 0.25) is 0 Å². The van der Waals surface area contributed by atoms with E-state index in [-0.39, 0.29) is 10.8 Å². The lowest BCUT2D eigenvalue weighted by Crippen LogP contribution is -2.22. The molecule has 61 heavy (non-hydrogen) atoms. The minimum Gasteiger partial charge on any atom is -0.309 e. The summed E-state index contributed by atoms with van der Waals surface area (Å²) in [6, 6.07) is 78.6.